The molecule has 0 amide bonds. The van der Waals surface area contributed by atoms with E-state index >= 15 is 0 Å². The summed E-state index contributed by atoms with van der Waals surface area (Å²) < 4.78 is 0. The van der Waals surface area contributed by atoms with Crippen molar-refractivity contribution in [1.29, 1.82) is 0 Å². The van der Waals surface area contributed by atoms with Gasteiger partial charge < -0.3 is 45.6 Å². The van der Waals surface area contributed by atoms with Gasteiger partial charge in [-0.3, -0.25) is 14.4 Å². The van der Waals surface area contributed by atoms with E-state index in [0.29, 0.717) is 0 Å². The molecule has 1 atom stereocenters. The number of rotatable bonds is 10. The van der Waals surface area contributed by atoms with Crippen LogP contribution in [0, 0.1) is 0 Å². The van der Waals surface area contributed by atoms with E-state index in [-0.39, 0.29) is 51.4 Å². The molecule has 0 radical (unpaired) electrons. The maximum absolute atomic E-state index is 10.3. The molecule has 14 nitrogen and oxygen atoms in total. The van der Waals surface area contributed by atoms with Crippen LogP contribution in [-0.4, -0.2) is 82.8 Å². The Morgan fingerprint density at radius 2 is 0.815 bits per heavy atom. The number of carboxylic acids is 6. The second-order valence-corrected chi connectivity index (χ2v) is 4.93. The summed E-state index contributed by atoms with van der Waals surface area (Å²) in [5.74, 6) is -10.4. The summed E-state index contributed by atoms with van der Waals surface area (Å²) in [7, 11) is 0. The maximum Gasteiger partial charge on any atom is 1.00 e. The van der Waals surface area contributed by atoms with Crippen LogP contribution in [0.15, 0.2) is 0 Å². The SMILES string of the molecule is O=C(O)CC(O)(CC(=O)O)C(=O)O.O=C([O-])CC(O)(CC(=O)O)C(=O)O.[K+]. The molecular weight excluding hydrogens is 407 g/mol. The summed E-state index contributed by atoms with van der Waals surface area (Å²) in [5, 5.41) is 69.3. The van der Waals surface area contributed by atoms with Crippen molar-refractivity contribution in [1.82, 2.24) is 0 Å². The Kier molecular flexibility index (Phi) is 14.2. The van der Waals surface area contributed by atoms with Crippen LogP contribution in [0.2, 0.25) is 0 Å². The number of carboxylic acid groups (broad SMARTS) is 6. The molecule has 0 aliphatic heterocycles. The fraction of sp³-hybridized carbons (Fsp3) is 0.500. The van der Waals surface area contributed by atoms with Gasteiger partial charge in [0.05, 0.1) is 19.3 Å². The first-order chi connectivity index (χ1) is 11.6. The molecule has 0 aliphatic carbocycles. The molecule has 0 aromatic rings. The Bertz CT molecular complexity index is 513. The molecule has 0 fully saturated rings. The molecule has 27 heavy (non-hydrogen) atoms. The first-order valence-electron chi connectivity index (χ1n) is 6.32. The largest absolute Gasteiger partial charge is 1.00 e. The zero-order valence-corrected chi connectivity index (χ0v) is 16.9. The third kappa shape index (κ3) is 13.2. The molecule has 0 aromatic heterocycles. The number of aliphatic hydroxyl groups is 2. The molecule has 0 saturated carbocycles. The van der Waals surface area contributed by atoms with E-state index in [0.717, 1.165) is 0 Å². The van der Waals surface area contributed by atoms with Crippen LogP contribution in [0.25, 0.3) is 0 Å². The molecule has 0 rings (SSSR count). The van der Waals surface area contributed by atoms with Crippen molar-refractivity contribution in [2.75, 3.05) is 0 Å². The van der Waals surface area contributed by atoms with Crippen molar-refractivity contribution in [2.24, 2.45) is 0 Å². The summed E-state index contributed by atoms with van der Waals surface area (Å²) >= 11 is 0. The molecule has 148 valence electrons. The predicted molar refractivity (Wildman–Crippen MR) is 71.6 cm³/mol. The van der Waals surface area contributed by atoms with Crippen LogP contribution < -0.4 is 56.5 Å². The van der Waals surface area contributed by atoms with E-state index in [4.69, 9.17) is 35.7 Å². The quantitative estimate of drug-likeness (QED) is 0.161. The third-order valence-corrected chi connectivity index (χ3v) is 2.56. The number of aliphatic carboxylic acids is 6. The summed E-state index contributed by atoms with van der Waals surface area (Å²) in [6.07, 6.45) is -4.73. The minimum Gasteiger partial charge on any atom is -0.550 e. The molecule has 0 heterocycles. The van der Waals surface area contributed by atoms with Gasteiger partial charge in [0.25, 0.3) is 0 Å². The molecular formula is C12H15KO14. The number of hydrogen-bond donors (Lipinski definition) is 7. The van der Waals surface area contributed by atoms with E-state index in [1.807, 2.05) is 0 Å². The second-order valence-electron chi connectivity index (χ2n) is 4.93. The van der Waals surface area contributed by atoms with Crippen molar-refractivity contribution < 1.29 is 121 Å². The first kappa shape index (κ1) is 30.1. The smallest absolute Gasteiger partial charge is 0.550 e. The Balaban J connectivity index is -0.000000411. The average molecular weight is 422 g/mol. The molecule has 0 saturated heterocycles. The molecule has 0 aromatic carbocycles. The van der Waals surface area contributed by atoms with Crippen LogP contribution in [0.4, 0.5) is 0 Å². The normalized spacial score (nSPS) is 12.2. The summed E-state index contributed by atoms with van der Waals surface area (Å²) in [5.41, 5.74) is -5.54. The first-order valence-corrected chi connectivity index (χ1v) is 6.32. The standard InChI is InChI=1S/2C6H8O7.K/c2*7-3(8)1-6(13,5(11)12)2-4(9)10;/h2*13H,1-2H2,(H,7,8)(H,9,10)(H,11,12);/q;;+1/p-1. The van der Waals surface area contributed by atoms with Crippen molar-refractivity contribution in [3.05, 3.63) is 0 Å². The summed E-state index contributed by atoms with van der Waals surface area (Å²) in [6.45, 7) is 0. The Morgan fingerprint density at radius 3 is 0.963 bits per heavy atom. The van der Waals surface area contributed by atoms with Crippen LogP contribution in [0.5, 0.6) is 0 Å². The molecule has 15 heteroatoms. The molecule has 1 unspecified atom stereocenters. The van der Waals surface area contributed by atoms with Gasteiger partial charge in [-0.05, 0) is 0 Å². The van der Waals surface area contributed by atoms with Crippen molar-refractivity contribution >= 4 is 35.8 Å². The maximum atomic E-state index is 10.3. The van der Waals surface area contributed by atoms with Crippen LogP contribution in [-0.2, 0) is 28.8 Å². The van der Waals surface area contributed by atoms with E-state index in [1.54, 1.807) is 0 Å². The van der Waals surface area contributed by atoms with Gasteiger partial charge in [-0.1, -0.05) is 0 Å². The van der Waals surface area contributed by atoms with Gasteiger partial charge >= 0.3 is 81.2 Å². The second kappa shape index (κ2) is 12.7. The van der Waals surface area contributed by atoms with Crippen molar-refractivity contribution in [2.45, 2.75) is 36.9 Å². The summed E-state index contributed by atoms with van der Waals surface area (Å²) in [6, 6.07) is 0. The van der Waals surface area contributed by atoms with Gasteiger partial charge in [0, 0.05) is 12.4 Å². The number of carbonyl (C=O) groups is 6. The number of carbonyl (C=O) groups excluding carboxylic acids is 1. The summed E-state index contributed by atoms with van der Waals surface area (Å²) in [4.78, 5) is 60.8. The van der Waals surface area contributed by atoms with Gasteiger partial charge in [-0.2, -0.15) is 0 Å². The average Bonchev–Trinajstić information content (AvgIpc) is 2.34. The van der Waals surface area contributed by atoms with Gasteiger partial charge in [-0.15, -0.1) is 0 Å². The van der Waals surface area contributed by atoms with Gasteiger partial charge in [-0.25, -0.2) is 9.59 Å². The fourth-order valence-corrected chi connectivity index (χ4v) is 1.42. The van der Waals surface area contributed by atoms with E-state index < -0.39 is 72.7 Å². The van der Waals surface area contributed by atoms with Gasteiger partial charge in [0.2, 0.25) is 0 Å². The number of hydrogen-bond acceptors (Lipinski definition) is 9. The fourth-order valence-electron chi connectivity index (χ4n) is 1.42. The predicted octanol–water partition coefficient (Wildman–Crippen LogP) is -6.83. The van der Waals surface area contributed by atoms with E-state index in [1.165, 1.54) is 0 Å². The van der Waals surface area contributed by atoms with E-state index in [2.05, 4.69) is 0 Å². The van der Waals surface area contributed by atoms with Crippen LogP contribution >= 0.6 is 0 Å². The molecule has 0 spiro atoms. The Hall–Kier alpha value is -1.62. The molecule has 7 N–H and O–H groups in total. The van der Waals surface area contributed by atoms with Gasteiger partial charge in [0.15, 0.2) is 11.2 Å². The minimum absolute atomic E-state index is 0. The molecule has 0 bridgehead atoms. The van der Waals surface area contributed by atoms with Gasteiger partial charge in [0.1, 0.15) is 0 Å². The van der Waals surface area contributed by atoms with Crippen molar-refractivity contribution in [3.8, 4) is 0 Å². The zero-order chi connectivity index (χ0) is 21.3. The monoisotopic (exact) mass is 422 g/mol. The third-order valence-electron chi connectivity index (χ3n) is 2.56. The van der Waals surface area contributed by atoms with Crippen LogP contribution in [0.1, 0.15) is 25.7 Å². The minimum atomic E-state index is -2.80. The molecule has 0 aliphatic rings. The topological polar surface area (TPSA) is 267 Å². The Morgan fingerprint density at radius 1 is 0.593 bits per heavy atom. The van der Waals surface area contributed by atoms with Crippen LogP contribution in [0.3, 0.4) is 0 Å². The zero-order valence-electron chi connectivity index (χ0n) is 13.8. The van der Waals surface area contributed by atoms with E-state index in [9.17, 15) is 33.9 Å². The Labute approximate surface area is 192 Å². The van der Waals surface area contributed by atoms with Crippen molar-refractivity contribution in [3.63, 3.8) is 0 Å².